The van der Waals surface area contributed by atoms with Crippen LogP contribution in [-0.4, -0.2) is 71.0 Å². The van der Waals surface area contributed by atoms with E-state index in [1.165, 1.54) is 0 Å². The van der Waals surface area contributed by atoms with Crippen LogP contribution in [0.1, 0.15) is 33.6 Å². The molecule has 0 saturated heterocycles. The molecule has 22 heteroatoms. The van der Waals surface area contributed by atoms with E-state index in [1.807, 2.05) is 0 Å². The summed E-state index contributed by atoms with van der Waals surface area (Å²) in [7, 11) is 0. The van der Waals surface area contributed by atoms with Gasteiger partial charge in [0.25, 0.3) is 0 Å². The van der Waals surface area contributed by atoms with Crippen LogP contribution in [0.4, 0.5) is 79.0 Å². The molecule has 0 unspecified atom stereocenters. The van der Waals surface area contributed by atoms with Crippen LogP contribution in [0.3, 0.4) is 0 Å². The van der Waals surface area contributed by atoms with Gasteiger partial charge in [-0.05, 0) is 0 Å². The van der Waals surface area contributed by atoms with Crippen molar-refractivity contribution in [2.75, 3.05) is 0 Å². The van der Waals surface area contributed by atoms with Crippen molar-refractivity contribution in [3.8, 4) is 0 Å². The van der Waals surface area contributed by atoms with Crippen LogP contribution in [0.5, 0.6) is 0 Å². The molecule has 1 aromatic carbocycles. The van der Waals surface area contributed by atoms with Crippen LogP contribution in [-0.2, 0) is 9.59 Å². The van der Waals surface area contributed by atoms with Crippen LogP contribution in [0.15, 0.2) is 24.3 Å². The lowest BCUT2D eigenvalue weighted by molar-refractivity contribution is -0.388. The lowest BCUT2D eigenvalue weighted by atomic mass is 9.94. The first-order chi connectivity index (χ1) is 18.3. The summed E-state index contributed by atoms with van der Waals surface area (Å²) in [6, 6.07) is 0.938. The van der Waals surface area contributed by atoms with Gasteiger partial charge in [0.15, 0.2) is 11.6 Å². The van der Waals surface area contributed by atoms with Gasteiger partial charge in [-0.3, -0.25) is 19.2 Å². The van der Waals surface area contributed by atoms with Crippen molar-refractivity contribution in [3.05, 3.63) is 35.4 Å². The van der Waals surface area contributed by atoms with Crippen LogP contribution in [0.2, 0.25) is 0 Å². The number of alkyl halides is 18. The highest BCUT2D eigenvalue weighted by Crippen LogP contribution is 2.54. The minimum atomic E-state index is -7.47. The summed E-state index contributed by atoms with van der Waals surface area (Å²) in [6.07, 6.45) is -19.5. The van der Waals surface area contributed by atoms with Gasteiger partial charge in [-0.1, -0.05) is 24.3 Å². The summed E-state index contributed by atoms with van der Waals surface area (Å²) in [5.41, 5.74) is -2.18. The molecule has 0 spiro atoms. The van der Waals surface area contributed by atoms with Crippen molar-refractivity contribution in [3.63, 3.8) is 0 Å². The zero-order valence-electron chi connectivity index (χ0n) is 19.2. The fourth-order valence-electron chi connectivity index (χ4n) is 2.66. The Morgan fingerprint density at radius 1 is 0.405 bits per heavy atom. The Balaban J connectivity index is 3.11. The minimum absolute atomic E-state index is 0.235. The quantitative estimate of drug-likeness (QED) is 0.140. The minimum Gasteiger partial charge on any atom is -0.294 e. The molecule has 0 radical (unpaired) electrons. The summed E-state index contributed by atoms with van der Waals surface area (Å²) in [5, 5.41) is 0. The van der Waals surface area contributed by atoms with Crippen molar-refractivity contribution in [1.29, 1.82) is 0 Å². The normalized spacial score (nSPS) is 14.5. The van der Waals surface area contributed by atoms with Crippen molar-refractivity contribution >= 4 is 23.1 Å². The van der Waals surface area contributed by atoms with E-state index >= 15 is 0 Å². The number of carbonyl (C=O) groups is 4. The molecule has 0 N–H and O–H groups in total. The maximum Gasteiger partial charge on any atom is 0.460 e. The van der Waals surface area contributed by atoms with Crippen molar-refractivity contribution < 1.29 is 98.2 Å². The topological polar surface area (TPSA) is 68.3 Å². The van der Waals surface area contributed by atoms with Gasteiger partial charge in [0.1, 0.15) is 0 Å². The Labute approximate surface area is 218 Å². The Morgan fingerprint density at radius 3 is 0.810 bits per heavy atom. The number of benzene rings is 1. The zero-order chi connectivity index (χ0) is 33.7. The standard InChI is InChI=1S/C20H8F18O4/c21-13(22,15(25,26)17(29,30)19(33,34)35)11(41)5-9(39)7-1-2-8(4-3-7)10(40)6-12(42)14(23,24)16(27,28)18(31,32)20(36,37)38/h1-4H,5-6H2. The van der Waals surface area contributed by atoms with E-state index in [0.29, 0.717) is 0 Å². The van der Waals surface area contributed by atoms with Gasteiger partial charge in [-0.25, -0.2) is 0 Å². The fourth-order valence-corrected chi connectivity index (χ4v) is 2.66. The Kier molecular flexibility index (Phi) is 9.36. The highest BCUT2D eigenvalue weighted by molar-refractivity contribution is 6.12. The number of rotatable bonds is 12. The van der Waals surface area contributed by atoms with Gasteiger partial charge >= 0.3 is 47.9 Å². The molecule has 0 aliphatic heterocycles. The SMILES string of the molecule is O=C(CC(=O)C(F)(F)C(F)(F)C(F)(F)C(F)(F)F)c1ccc(C(=O)CC(=O)C(F)(F)C(F)(F)C(F)(F)C(F)(F)F)cc1. The van der Waals surface area contributed by atoms with E-state index < -0.39 is 95.0 Å². The monoisotopic (exact) mass is 654 g/mol. The van der Waals surface area contributed by atoms with Gasteiger partial charge in [0, 0.05) is 11.1 Å². The maximum absolute atomic E-state index is 13.6. The van der Waals surface area contributed by atoms with Crippen molar-refractivity contribution in [1.82, 2.24) is 0 Å². The van der Waals surface area contributed by atoms with Gasteiger partial charge in [0.05, 0.1) is 12.8 Å². The van der Waals surface area contributed by atoms with E-state index in [4.69, 9.17) is 0 Å². The van der Waals surface area contributed by atoms with Crippen molar-refractivity contribution in [2.24, 2.45) is 0 Å². The van der Waals surface area contributed by atoms with Gasteiger partial charge < -0.3 is 0 Å². The van der Waals surface area contributed by atoms with Crippen LogP contribution >= 0.6 is 0 Å². The maximum atomic E-state index is 13.6. The molecular weight excluding hydrogens is 646 g/mol. The van der Waals surface area contributed by atoms with E-state index in [2.05, 4.69) is 0 Å². The fraction of sp³-hybridized carbons (Fsp3) is 0.500. The lowest BCUT2D eigenvalue weighted by Gasteiger charge is -2.32. The lowest BCUT2D eigenvalue weighted by Crippen LogP contribution is -2.63. The summed E-state index contributed by atoms with van der Waals surface area (Å²) in [5.74, 6) is -54.3. The number of Topliss-reactive ketones (excluding diaryl/α,β-unsaturated/α-hetero) is 4. The Bertz CT molecular complexity index is 1130. The molecule has 0 atom stereocenters. The molecule has 0 amide bonds. The predicted molar refractivity (Wildman–Crippen MR) is 96.1 cm³/mol. The Morgan fingerprint density at radius 2 is 0.619 bits per heavy atom. The third-order valence-electron chi connectivity index (χ3n) is 5.16. The average molecular weight is 654 g/mol. The highest BCUT2D eigenvalue weighted by atomic mass is 19.4. The van der Waals surface area contributed by atoms with Gasteiger partial charge in [0.2, 0.25) is 11.6 Å². The molecule has 0 bridgehead atoms. The molecular formula is C20H8F18O4. The number of halogens is 18. The van der Waals surface area contributed by atoms with E-state index in [1.54, 1.807) is 0 Å². The molecule has 0 aliphatic carbocycles. The molecule has 238 valence electrons. The van der Waals surface area contributed by atoms with E-state index in [-0.39, 0.29) is 24.3 Å². The largest absolute Gasteiger partial charge is 0.460 e. The van der Waals surface area contributed by atoms with Crippen LogP contribution < -0.4 is 0 Å². The molecule has 0 heterocycles. The number of hydrogen-bond acceptors (Lipinski definition) is 4. The third-order valence-corrected chi connectivity index (χ3v) is 5.16. The first-order valence-electron chi connectivity index (χ1n) is 9.95. The van der Waals surface area contributed by atoms with Gasteiger partial charge in [-0.15, -0.1) is 0 Å². The number of hydrogen-bond donors (Lipinski definition) is 0. The van der Waals surface area contributed by atoms with Crippen LogP contribution in [0.25, 0.3) is 0 Å². The molecule has 0 aliphatic rings. The van der Waals surface area contributed by atoms with Gasteiger partial charge in [-0.2, -0.15) is 79.0 Å². The molecule has 1 aromatic rings. The second-order valence-corrected chi connectivity index (χ2v) is 8.07. The molecule has 1 rings (SSSR count). The van der Waals surface area contributed by atoms with Crippen molar-refractivity contribution in [2.45, 2.75) is 60.7 Å². The van der Waals surface area contributed by atoms with E-state index in [0.717, 1.165) is 0 Å². The number of carbonyl (C=O) groups excluding carboxylic acids is 4. The molecule has 4 nitrogen and oxygen atoms in total. The summed E-state index contributed by atoms with van der Waals surface area (Å²) in [6.45, 7) is 0. The van der Waals surface area contributed by atoms with E-state index in [9.17, 15) is 98.2 Å². The first kappa shape index (κ1) is 36.7. The molecule has 0 fully saturated rings. The predicted octanol–water partition coefficient (Wildman–Crippen LogP) is 6.91. The Hall–Kier alpha value is -3.36. The van der Waals surface area contributed by atoms with Crippen LogP contribution in [0, 0.1) is 0 Å². The second-order valence-electron chi connectivity index (χ2n) is 8.07. The average Bonchev–Trinajstić information content (AvgIpc) is 2.81. The third kappa shape index (κ3) is 5.92. The second kappa shape index (κ2) is 10.7. The smallest absolute Gasteiger partial charge is 0.294 e. The molecule has 0 aromatic heterocycles. The molecule has 0 saturated carbocycles. The summed E-state index contributed by atoms with van der Waals surface area (Å²) in [4.78, 5) is 46.5. The summed E-state index contributed by atoms with van der Waals surface area (Å²) >= 11 is 0. The highest BCUT2D eigenvalue weighted by Gasteiger charge is 2.84. The first-order valence-corrected chi connectivity index (χ1v) is 9.95. The zero-order valence-corrected chi connectivity index (χ0v) is 19.2. The summed E-state index contributed by atoms with van der Waals surface area (Å²) < 4.78 is 232. The molecule has 42 heavy (non-hydrogen) atoms. The number of ketones is 4.